The van der Waals surface area contributed by atoms with Crippen molar-refractivity contribution in [3.63, 3.8) is 0 Å². The van der Waals surface area contributed by atoms with Gasteiger partial charge in [-0.05, 0) is 45.2 Å². The molecule has 1 aromatic carbocycles. The van der Waals surface area contributed by atoms with Crippen molar-refractivity contribution < 1.29 is 27.8 Å². The van der Waals surface area contributed by atoms with Crippen LogP contribution >= 0.6 is 15.9 Å². The van der Waals surface area contributed by atoms with E-state index in [1.165, 1.54) is 19.2 Å². The lowest BCUT2D eigenvalue weighted by atomic mass is 10.2. The molecule has 0 aliphatic carbocycles. The highest BCUT2D eigenvalue weighted by atomic mass is 79.9. The maximum absolute atomic E-state index is 13.8. The molecule has 1 unspecified atom stereocenters. The van der Waals surface area contributed by atoms with Crippen molar-refractivity contribution in [1.29, 1.82) is 0 Å². The monoisotopic (exact) mass is 337 g/mol. The third kappa shape index (κ3) is 3.15. The van der Waals surface area contributed by atoms with Crippen molar-refractivity contribution >= 4 is 39.1 Å². The lowest BCUT2D eigenvalue weighted by Gasteiger charge is -2.08. The summed E-state index contributed by atoms with van der Waals surface area (Å²) in [7, 11) is 1.34. The fourth-order valence-corrected chi connectivity index (χ4v) is 2.03. The number of hydrogen-bond acceptors (Lipinski definition) is 4. The molecule has 1 aromatic rings. The first-order valence-corrected chi connectivity index (χ1v) is 6.31. The van der Waals surface area contributed by atoms with Crippen LogP contribution in [0.25, 0.3) is 6.08 Å². The average Bonchev–Trinajstić information content (AvgIpc) is 2.30. The van der Waals surface area contributed by atoms with Crippen molar-refractivity contribution in [2.45, 2.75) is 0 Å². The molecule has 1 atom stereocenters. The molecule has 0 radical (unpaired) electrons. The van der Waals surface area contributed by atoms with E-state index in [4.69, 9.17) is 9.84 Å². The maximum atomic E-state index is 13.8. The molecule has 0 aliphatic rings. The van der Waals surface area contributed by atoms with Crippen molar-refractivity contribution in [3.8, 4) is 5.75 Å². The van der Waals surface area contributed by atoms with Crippen LogP contribution in [0.2, 0.25) is 0 Å². The number of methoxy groups -OCH3 is 1. The van der Waals surface area contributed by atoms with E-state index in [9.17, 15) is 17.9 Å². The van der Waals surface area contributed by atoms with Gasteiger partial charge < -0.3 is 14.4 Å². The highest BCUT2D eigenvalue weighted by molar-refractivity contribution is 9.10. The summed E-state index contributed by atoms with van der Waals surface area (Å²) in [5, 5.41) is 8.65. The molecule has 0 saturated heterocycles. The van der Waals surface area contributed by atoms with Gasteiger partial charge in [-0.2, -0.15) is 0 Å². The van der Waals surface area contributed by atoms with Gasteiger partial charge in [0.25, 0.3) is 0 Å². The van der Waals surface area contributed by atoms with Crippen LogP contribution in [0.3, 0.4) is 0 Å². The summed E-state index contributed by atoms with van der Waals surface area (Å²) in [4.78, 5) is 9.72. The number of hydrogen-bond donors (Lipinski definition) is 1. The zero-order valence-corrected chi connectivity index (χ0v) is 11.4. The minimum absolute atomic E-state index is 0.0137. The number of rotatable bonds is 4. The van der Waals surface area contributed by atoms with E-state index in [0.29, 0.717) is 0 Å². The van der Waals surface area contributed by atoms with E-state index >= 15 is 0 Å². The number of benzene rings is 1. The molecule has 18 heavy (non-hydrogen) atoms. The predicted molar refractivity (Wildman–Crippen MR) is 65.2 cm³/mol. The van der Waals surface area contributed by atoms with Crippen LogP contribution in [-0.4, -0.2) is 26.9 Å². The Labute approximate surface area is 113 Å². The van der Waals surface area contributed by atoms with Gasteiger partial charge in [0, 0.05) is 5.56 Å². The van der Waals surface area contributed by atoms with Crippen LogP contribution in [0.5, 0.6) is 5.75 Å². The standard InChI is InChI=1S/C10H8BrFO5S/c1-17-6-3-2-5(9(12)8(6)11)4-7(10(13)14)18(15)16/h2-4H,1H3,(H,13,14)(H,15,16)/p-1/b7-4-. The van der Waals surface area contributed by atoms with E-state index in [-0.39, 0.29) is 15.8 Å². The molecule has 0 bridgehead atoms. The number of carboxylic acid groups (broad SMARTS) is 1. The van der Waals surface area contributed by atoms with Crippen molar-refractivity contribution in [2.24, 2.45) is 0 Å². The van der Waals surface area contributed by atoms with Crippen LogP contribution in [-0.2, 0) is 15.9 Å². The van der Waals surface area contributed by atoms with E-state index in [1.54, 1.807) is 0 Å². The van der Waals surface area contributed by atoms with Crippen LogP contribution in [0, 0.1) is 5.82 Å². The first kappa shape index (κ1) is 14.8. The van der Waals surface area contributed by atoms with Crippen LogP contribution in [0.1, 0.15) is 5.56 Å². The Morgan fingerprint density at radius 1 is 1.61 bits per heavy atom. The lowest BCUT2D eigenvalue weighted by Crippen LogP contribution is -2.06. The number of ether oxygens (including phenoxy) is 1. The van der Waals surface area contributed by atoms with E-state index in [0.717, 1.165) is 6.08 Å². The van der Waals surface area contributed by atoms with Gasteiger partial charge in [0.2, 0.25) is 0 Å². The van der Waals surface area contributed by atoms with Crippen molar-refractivity contribution in [3.05, 3.63) is 32.9 Å². The SMILES string of the molecule is COc1ccc(/C=C(/C(=O)O)S(=O)[O-])c(F)c1Br. The second-order valence-electron chi connectivity index (χ2n) is 3.03. The summed E-state index contributed by atoms with van der Waals surface area (Å²) in [6.45, 7) is 0. The fourth-order valence-electron chi connectivity index (χ4n) is 1.14. The molecular weight excluding hydrogens is 331 g/mol. The Morgan fingerprint density at radius 2 is 2.22 bits per heavy atom. The molecule has 1 rings (SSSR count). The predicted octanol–water partition coefficient (Wildman–Crippen LogP) is 1.90. The van der Waals surface area contributed by atoms with Gasteiger partial charge in [0.05, 0.1) is 11.6 Å². The highest BCUT2D eigenvalue weighted by Crippen LogP contribution is 2.30. The summed E-state index contributed by atoms with van der Waals surface area (Å²) in [5.41, 5.74) is -0.177. The molecule has 5 nitrogen and oxygen atoms in total. The molecule has 8 heteroatoms. The lowest BCUT2D eigenvalue weighted by molar-refractivity contribution is -0.131. The van der Waals surface area contributed by atoms with Gasteiger partial charge in [-0.15, -0.1) is 0 Å². The average molecular weight is 338 g/mol. The quantitative estimate of drug-likeness (QED) is 0.669. The van der Waals surface area contributed by atoms with E-state index in [2.05, 4.69) is 15.9 Å². The van der Waals surface area contributed by atoms with Crippen LogP contribution < -0.4 is 4.74 Å². The minimum atomic E-state index is -2.96. The third-order valence-electron chi connectivity index (χ3n) is 1.97. The maximum Gasteiger partial charge on any atom is 0.343 e. The number of aliphatic carboxylic acids is 1. The zero-order valence-electron chi connectivity index (χ0n) is 8.98. The summed E-state index contributed by atoms with van der Waals surface area (Å²) >= 11 is -0.0331. The second kappa shape index (κ2) is 6.07. The van der Waals surface area contributed by atoms with Gasteiger partial charge in [0.15, 0.2) is 0 Å². The first-order chi connectivity index (χ1) is 8.38. The molecule has 1 N–H and O–H groups in total. The van der Waals surface area contributed by atoms with Crippen molar-refractivity contribution in [1.82, 2.24) is 0 Å². The fraction of sp³-hybridized carbons (Fsp3) is 0.100. The largest absolute Gasteiger partial charge is 0.768 e. The Balaban J connectivity index is 3.35. The van der Waals surface area contributed by atoms with Gasteiger partial charge in [-0.25, -0.2) is 9.18 Å². The van der Waals surface area contributed by atoms with Crippen LogP contribution in [0.4, 0.5) is 4.39 Å². The number of halogens is 2. The van der Waals surface area contributed by atoms with Crippen LogP contribution in [0.15, 0.2) is 21.5 Å². The van der Waals surface area contributed by atoms with Crippen molar-refractivity contribution in [2.75, 3.05) is 7.11 Å². The highest BCUT2D eigenvalue weighted by Gasteiger charge is 2.14. The molecule has 0 spiro atoms. The molecular formula is C10H7BrFO5S-. The smallest absolute Gasteiger partial charge is 0.343 e. The molecule has 0 aromatic heterocycles. The molecule has 0 heterocycles. The summed E-state index contributed by atoms with van der Waals surface area (Å²) in [5.74, 6) is -2.25. The summed E-state index contributed by atoms with van der Waals surface area (Å²) in [6, 6.07) is 2.60. The van der Waals surface area contributed by atoms with Gasteiger partial charge >= 0.3 is 5.97 Å². The summed E-state index contributed by atoms with van der Waals surface area (Å²) in [6.07, 6.45) is 0.727. The zero-order chi connectivity index (χ0) is 13.9. The van der Waals surface area contributed by atoms with E-state index in [1.807, 2.05) is 0 Å². The Bertz CT molecular complexity index is 527. The Kier molecular flexibility index (Phi) is 5.00. The topological polar surface area (TPSA) is 86.7 Å². The number of carboxylic acids is 1. The molecule has 98 valence electrons. The number of carbonyl (C=O) groups is 1. The molecule has 0 fully saturated rings. The summed E-state index contributed by atoms with van der Waals surface area (Å²) < 4.78 is 39.9. The van der Waals surface area contributed by atoms with Gasteiger partial charge in [-0.1, -0.05) is 0 Å². The van der Waals surface area contributed by atoms with Gasteiger partial charge in [0.1, 0.15) is 16.5 Å². The Morgan fingerprint density at radius 3 is 2.67 bits per heavy atom. The normalized spacial score (nSPS) is 13.2. The first-order valence-electron chi connectivity index (χ1n) is 4.44. The minimum Gasteiger partial charge on any atom is -0.768 e. The second-order valence-corrected chi connectivity index (χ2v) is 4.74. The third-order valence-corrected chi connectivity index (χ3v) is 3.36. The Hall–Kier alpha value is -1.25. The van der Waals surface area contributed by atoms with E-state index < -0.39 is 27.8 Å². The van der Waals surface area contributed by atoms with Gasteiger partial charge in [-0.3, -0.25) is 4.21 Å². The molecule has 0 saturated carbocycles. The molecule has 0 amide bonds. The molecule has 0 aliphatic heterocycles.